The molecule has 1 fully saturated rings. The molecule has 3 aromatic rings. The van der Waals surface area contributed by atoms with Crippen LogP contribution < -0.4 is 0 Å². The van der Waals surface area contributed by atoms with Crippen LogP contribution in [0.15, 0.2) is 72.8 Å². The van der Waals surface area contributed by atoms with Crippen molar-refractivity contribution in [3.8, 4) is 11.1 Å². The van der Waals surface area contributed by atoms with Gasteiger partial charge in [0.2, 0.25) is 0 Å². The molecule has 1 saturated heterocycles. The van der Waals surface area contributed by atoms with Crippen molar-refractivity contribution in [3.63, 3.8) is 0 Å². The first kappa shape index (κ1) is 22.3. The van der Waals surface area contributed by atoms with Crippen molar-refractivity contribution in [1.82, 2.24) is 0 Å². The van der Waals surface area contributed by atoms with Gasteiger partial charge in [0.1, 0.15) is 0 Å². The number of hydrogen-bond acceptors (Lipinski definition) is 4. The molecule has 0 bridgehead atoms. The molecule has 0 radical (unpaired) electrons. The Bertz CT molecular complexity index is 1040. The molecule has 3 aromatic carbocycles. The zero-order chi connectivity index (χ0) is 22.3. The van der Waals surface area contributed by atoms with Gasteiger partial charge in [-0.25, -0.2) is 4.79 Å². The van der Waals surface area contributed by atoms with Gasteiger partial charge in [-0.05, 0) is 65.6 Å². The Balaban J connectivity index is 1.62. The molecule has 0 aliphatic carbocycles. The van der Waals surface area contributed by atoms with Crippen LogP contribution in [0.2, 0.25) is 0 Å². The molecule has 1 aliphatic heterocycles. The van der Waals surface area contributed by atoms with Crippen LogP contribution in [0.5, 0.6) is 0 Å². The van der Waals surface area contributed by atoms with Crippen LogP contribution in [0.3, 0.4) is 0 Å². The first-order chi connectivity index (χ1) is 15.7. The van der Waals surface area contributed by atoms with Crippen LogP contribution in [0.25, 0.3) is 11.1 Å². The summed E-state index contributed by atoms with van der Waals surface area (Å²) in [7, 11) is 1.42. The van der Waals surface area contributed by atoms with Gasteiger partial charge in [0, 0.05) is 13.2 Å². The monoisotopic (exact) mass is 430 g/mol. The van der Waals surface area contributed by atoms with E-state index in [1.54, 1.807) is 0 Å². The number of benzene rings is 3. The number of carbonyl (C=O) groups excluding carboxylic acids is 1. The van der Waals surface area contributed by atoms with E-state index in [4.69, 9.17) is 14.2 Å². The third kappa shape index (κ3) is 5.09. The predicted octanol–water partition coefficient (Wildman–Crippen LogP) is 6.13. The average molecular weight is 431 g/mol. The van der Waals surface area contributed by atoms with Crippen LogP contribution >= 0.6 is 0 Å². The molecule has 4 nitrogen and oxygen atoms in total. The number of rotatable bonds is 7. The Kier molecular flexibility index (Phi) is 7.35. The van der Waals surface area contributed by atoms with Crippen LogP contribution in [-0.4, -0.2) is 26.3 Å². The zero-order valence-electron chi connectivity index (χ0n) is 18.8. The molecule has 1 aliphatic rings. The molecule has 1 unspecified atom stereocenters. The van der Waals surface area contributed by atoms with Gasteiger partial charge in [0.25, 0.3) is 0 Å². The number of ether oxygens (including phenoxy) is 3. The summed E-state index contributed by atoms with van der Waals surface area (Å²) in [5.74, 6) is 0.0939. The minimum atomic E-state index is -0.333. The van der Waals surface area contributed by atoms with E-state index < -0.39 is 0 Å². The molecule has 1 atom stereocenters. The highest BCUT2D eigenvalue weighted by molar-refractivity contribution is 5.97. The molecule has 0 aromatic heterocycles. The lowest BCUT2D eigenvalue weighted by molar-refractivity contribution is -0.0431. The maximum atomic E-state index is 12.4. The molecule has 0 saturated carbocycles. The maximum Gasteiger partial charge on any atom is 0.338 e. The van der Waals surface area contributed by atoms with E-state index in [1.807, 2.05) is 36.4 Å². The molecular formula is C28H30O4. The highest BCUT2D eigenvalue weighted by atomic mass is 16.5. The van der Waals surface area contributed by atoms with Crippen molar-refractivity contribution in [2.45, 2.75) is 32.5 Å². The Morgan fingerprint density at radius 1 is 0.969 bits per heavy atom. The first-order valence-corrected chi connectivity index (χ1v) is 11.2. The molecule has 0 spiro atoms. The van der Waals surface area contributed by atoms with Gasteiger partial charge in [-0.1, -0.05) is 60.7 Å². The van der Waals surface area contributed by atoms with Crippen molar-refractivity contribution in [2.24, 2.45) is 5.92 Å². The summed E-state index contributed by atoms with van der Waals surface area (Å²) in [6.45, 7) is 4.08. The second kappa shape index (κ2) is 10.6. The van der Waals surface area contributed by atoms with Gasteiger partial charge in [-0.2, -0.15) is 0 Å². The van der Waals surface area contributed by atoms with Gasteiger partial charge in [0.05, 0.1) is 25.4 Å². The van der Waals surface area contributed by atoms with Crippen molar-refractivity contribution in [1.29, 1.82) is 0 Å². The summed E-state index contributed by atoms with van der Waals surface area (Å²) in [6, 6.07) is 24.4. The van der Waals surface area contributed by atoms with Crippen molar-refractivity contribution in [3.05, 3.63) is 95.1 Å². The number of methoxy groups -OCH3 is 1. The lowest BCUT2D eigenvalue weighted by atomic mass is 9.89. The number of esters is 1. The Hall–Kier alpha value is -2.95. The predicted molar refractivity (Wildman–Crippen MR) is 125 cm³/mol. The summed E-state index contributed by atoms with van der Waals surface area (Å²) in [5.41, 5.74) is 5.81. The average Bonchev–Trinajstić information content (AvgIpc) is 2.85. The fourth-order valence-corrected chi connectivity index (χ4v) is 4.42. The molecule has 4 heteroatoms. The second-order valence-corrected chi connectivity index (χ2v) is 8.28. The summed E-state index contributed by atoms with van der Waals surface area (Å²) in [6.07, 6.45) is 2.01. The largest absolute Gasteiger partial charge is 0.465 e. The number of hydrogen-bond donors (Lipinski definition) is 0. The van der Waals surface area contributed by atoms with Gasteiger partial charge in [0.15, 0.2) is 0 Å². The Morgan fingerprint density at radius 3 is 2.41 bits per heavy atom. The lowest BCUT2D eigenvalue weighted by Gasteiger charge is -2.31. The summed E-state index contributed by atoms with van der Waals surface area (Å²) in [5, 5.41) is 0. The summed E-state index contributed by atoms with van der Waals surface area (Å²) < 4.78 is 17.1. The number of aryl methyl sites for hydroxylation is 1. The Labute approximate surface area is 190 Å². The third-order valence-corrected chi connectivity index (χ3v) is 6.18. The molecular weight excluding hydrogens is 400 g/mol. The molecule has 0 N–H and O–H groups in total. The fraction of sp³-hybridized carbons (Fsp3) is 0.321. The molecule has 0 amide bonds. The van der Waals surface area contributed by atoms with Crippen LogP contribution in [-0.2, 0) is 20.8 Å². The van der Waals surface area contributed by atoms with Crippen LogP contribution in [0.4, 0.5) is 0 Å². The molecule has 1 heterocycles. The van der Waals surface area contributed by atoms with Crippen molar-refractivity contribution >= 4 is 5.97 Å². The molecule has 4 rings (SSSR count). The van der Waals surface area contributed by atoms with Gasteiger partial charge in [-0.3, -0.25) is 0 Å². The molecule has 166 valence electrons. The quantitative estimate of drug-likeness (QED) is 0.423. The fourth-order valence-electron chi connectivity index (χ4n) is 4.42. The van der Waals surface area contributed by atoms with Crippen LogP contribution in [0, 0.1) is 12.8 Å². The van der Waals surface area contributed by atoms with Crippen LogP contribution in [0.1, 0.15) is 46.0 Å². The minimum absolute atomic E-state index is 0.0160. The van der Waals surface area contributed by atoms with E-state index >= 15 is 0 Å². The van der Waals surface area contributed by atoms with Gasteiger partial charge >= 0.3 is 5.97 Å². The summed E-state index contributed by atoms with van der Waals surface area (Å²) >= 11 is 0. The lowest BCUT2D eigenvalue weighted by Crippen LogP contribution is -2.24. The normalized spacial score (nSPS) is 15.3. The second-order valence-electron chi connectivity index (χ2n) is 8.28. The SMILES string of the molecule is COC(=O)c1ccc(COC(c2ccccc2)C2CCOCC2)cc1-c1ccccc1C. The number of carbonyl (C=O) groups is 1. The first-order valence-electron chi connectivity index (χ1n) is 11.2. The van der Waals surface area contributed by atoms with E-state index in [0.717, 1.165) is 48.3 Å². The zero-order valence-corrected chi connectivity index (χ0v) is 18.8. The van der Waals surface area contributed by atoms with E-state index in [2.05, 4.69) is 43.3 Å². The Morgan fingerprint density at radius 2 is 1.69 bits per heavy atom. The third-order valence-electron chi connectivity index (χ3n) is 6.18. The van der Waals surface area contributed by atoms with E-state index in [0.29, 0.717) is 18.1 Å². The van der Waals surface area contributed by atoms with E-state index in [9.17, 15) is 4.79 Å². The van der Waals surface area contributed by atoms with Crippen molar-refractivity contribution < 1.29 is 19.0 Å². The topological polar surface area (TPSA) is 44.8 Å². The van der Waals surface area contributed by atoms with Gasteiger partial charge < -0.3 is 14.2 Å². The van der Waals surface area contributed by atoms with E-state index in [-0.39, 0.29) is 12.1 Å². The highest BCUT2D eigenvalue weighted by Crippen LogP contribution is 2.35. The minimum Gasteiger partial charge on any atom is -0.465 e. The smallest absolute Gasteiger partial charge is 0.338 e. The summed E-state index contributed by atoms with van der Waals surface area (Å²) in [4.78, 5) is 12.4. The van der Waals surface area contributed by atoms with E-state index in [1.165, 1.54) is 12.7 Å². The highest BCUT2D eigenvalue weighted by Gasteiger charge is 2.26. The maximum absolute atomic E-state index is 12.4. The van der Waals surface area contributed by atoms with Crippen molar-refractivity contribution in [2.75, 3.05) is 20.3 Å². The molecule has 32 heavy (non-hydrogen) atoms. The standard InChI is InChI=1S/C28H30O4/c1-20-8-6-7-11-24(20)26-18-21(12-13-25(26)28(29)30-2)19-32-27(22-9-4-3-5-10-22)23-14-16-31-17-15-23/h3-13,18,23,27H,14-17,19H2,1-2H3. The van der Waals surface area contributed by atoms with Gasteiger partial charge in [-0.15, -0.1) is 0 Å².